The molecule has 0 aromatic carbocycles. The van der Waals surface area contributed by atoms with Crippen molar-refractivity contribution in [3.8, 4) is 6.07 Å². The van der Waals surface area contributed by atoms with Crippen LogP contribution in [0.5, 0.6) is 0 Å². The number of hydrogen-bond donors (Lipinski definition) is 1. The first-order valence-electron chi connectivity index (χ1n) is 8.05. The van der Waals surface area contributed by atoms with E-state index in [1.165, 1.54) is 24.2 Å². The van der Waals surface area contributed by atoms with Gasteiger partial charge in [0.05, 0.1) is 17.3 Å². The molecule has 0 spiro atoms. The van der Waals surface area contributed by atoms with E-state index in [0.717, 1.165) is 43.9 Å². The zero-order chi connectivity index (χ0) is 14.9. The van der Waals surface area contributed by atoms with Crippen molar-refractivity contribution in [2.75, 3.05) is 11.4 Å². The van der Waals surface area contributed by atoms with Gasteiger partial charge in [0.25, 0.3) is 0 Å². The molecule has 4 rings (SSSR count). The van der Waals surface area contributed by atoms with E-state index in [4.69, 9.17) is 10.2 Å². The number of rotatable bonds is 2. The van der Waals surface area contributed by atoms with E-state index in [1.807, 2.05) is 12.1 Å². The predicted molar refractivity (Wildman–Crippen MR) is 83.5 cm³/mol. The number of aromatic nitrogens is 3. The third-order valence-electron chi connectivity index (χ3n) is 4.71. The Kier molecular flexibility index (Phi) is 3.30. The lowest BCUT2D eigenvalue weighted by Gasteiger charge is -2.24. The smallest absolute Gasteiger partial charge is 0.129 e. The minimum Gasteiger partial charge on any atom is -0.346 e. The molecule has 1 aliphatic heterocycles. The van der Waals surface area contributed by atoms with Crippen molar-refractivity contribution < 1.29 is 0 Å². The Bertz CT molecular complexity index is 686. The summed E-state index contributed by atoms with van der Waals surface area (Å²) in [7, 11) is 0. The summed E-state index contributed by atoms with van der Waals surface area (Å²) in [5.41, 5.74) is 3.20. The van der Waals surface area contributed by atoms with Gasteiger partial charge in [0.15, 0.2) is 0 Å². The summed E-state index contributed by atoms with van der Waals surface area (Å²) >= 11 is 0. The second kappa shape index (κ2) is 5.45. The number of aromatic amines is 1. The van der Waals surface area contributed by atoms with Crippen molar-refractivity contribution in [3.63, 3.8) is 0 Å². The fourth-order valence-corrected chi connectivity index (χ4v) is 3.58. The van der Waals surface area contributed by atoms with E-state index in [-0.39, 0.29) is 6.04 Å². The maximum absolute atomic E-state index is 8.90. The van der Waals surface area contributed by atoms with Crippen LogP contribution in [0.25, 0.3) is 0 Å². The number of imidazole rings is 1. The minimum atomic E-state index is 0.283. The highest BCUT2D eigenvalue weighted by Gasteiger charge is 2.30. The van der Waals surface area contributed by atoms with Crippen LogP contribution in [0.2, 0.25) is 0 Å². The SMILES string of the molecule is N#Cc1ccc(N2CCC[C@H]2c2nc3c([nH]2)CCCC3)nc1. The van der Waals surface area contributed by atoms with E-state index in [9.17, 15) is 0 Å². The maximum Gasteiger partial charge on any atom is 0.129 e. The van der Waals surface area contributed by atoms with Crippen LogP contribution in [0.1, 0.15) is 54.5 Å². The van der Waals surface area contributed by atoms with E-state index < -0.39 is 0 Å². The van der Waals surface area contributed by atoms with Crippen molar-refractivity contribution in [2.24, 2.45) is 0 Å². The first kappa shape index (κ1) is 13.3. The molecule has 0 amide bonds. The summed E-state index contributed by atoms with van der Waals surface area (Å²) in [6, 6.07) is 6.19. The van der Waals surface area contributed by atoms with Crippen LogP contribution in [0, 0.1) is 11.3 Å². The Morgan fingerprint density at radius 1 is 1.23 bits per heavy atom. The normalized spacial score (nSPS) is 20.7. The van der Waals surface area contributed by atoms with Crippen molar-refractivity contribution in [1.29, 1.82) is 5.26 Å². The van der Waals surface area contributed by atoms with E-state index in [1.54, 1.807) is 6.20 Å². The Hall–Kier alpha value is -2.35. The van der Waals surface area contributed by atoms with Gasteiger partial charge in [-0.3, -0.25) is 0 Å². The number of pyridine rings is 1. The topological polar surface area (TPSA) is 68.6 Å². The van der Waals surface area contributed by atoms with E-state index >= 15 is 0 Å². The molecular formula is C17H19N5. The lowest BCUT2D eigenvalue weighted by Crippen LogP contribution is -2.24. The zero-order valence-electron chi connectivity index (χ0n) is 12.5. The van der Waals surface area contributed by atoms with Crippen molar-refractivity contribution in [1.82, 2.24) is 15.0 Å². The van der Waals surface area contributed by atoms with Crippen molar-refractivity contribution in [2.45, 2.75) is 44.6 Å². The monoisotopic (exact) mass is 293 g/mol. The Balaban J connectivity index is 1.62. The number of nitrogens with zero attached hydrogens (tertiary/aromatic N) is 4. The van der Waals surface area contributed by atoms with Crippen LogP contribution < -0.4 is 4.90 Å². The first-order chi connectivity index (χ1) is 10.8. The maximum atomic E-state index is 8.90. The molecule has 112 valence electrons. The quantitative estimate of drug-likeness (QED) is 0.924. The number of nitrogens with one attached hydrogen (secondary N) is 1. The second-order valence-electron chi connectivity index (χ2n) is 6.12. The fourth-order valence-electron chi connectivity index (χ4n) is 3.58. The Labute approximate surface area is 130 Å². The number of nitriles is 1. The van der Waals surface area contributed by atoms with Crippen molar-refractivity contribution >= 4 is 5.82 Å². The molecule has 2 aromatic rings. The van der Waals surface area contributed by atoms with Gasteiger partial charge in [0, 0.05) is 18.4 Å². The molecule has 0 bridgehead atoms. The third-order valence-corrected chi connectivity index (χ3v) is 4.71. The zero-order valence-corrected chi connectivity index (χ0v) is 12.5. The first-order valence-corrected chi connectivity index (χ1v) is 8.05. The van der Waals surface area contributed by atoms with Gasteiger partial charge in [-0.1, -0.05) is 0 Å². The van der Waals surface area contributed by atoms with Gasteiger partial charge >= 0.3 is 0 Å². The standard InChI is InChI=1S/C17H19N5/c18-10-12-7-8-16(19-11-12)22-9-3-6-15(22)17-20-13-4-1-2-5-14(13)21-17/h7-8,11,15H,1-6,9H2,(H,20,21)/t15-/m0/s1. The highest BCUT2D eigenvalue weighted by atomic mass is 15.2. The molecule has 0 saturated carbocycles. The summed E-state index contributed by atoms with van der Waals surface area (Å²) in [6.45, 7) is 0.995. The van der Waals surface area contributed by atoms with Gasteiger partial charge in [0.2, 0.25) is 0 Å². The predicted octanol–water partition coefficient (Wildman–Crippen LogP) is 2.90. The minimum absolute atomic E-state index is 0.283. The van der Waals surface area contributed by atoms with Gasteiger partial charge < -0.3 is 9.88 Å². The van der Waals surface area contributed by atoms with Gasteiger partial charge in [-0.05, 0) is 50.7 Å². The summed E-state index contributed by atoms with van der Waals surface area (Å²) in [5, 5.41) is 8.90. The molecule has 1 atom stereocenters. The average Bonchev–Trinajstić information content (AvgIpc) is 3.21. The number of hydrogen-bond acceptors (Lipinski definition) is 4. The molecule has 1 aliphatic carbocycles. The number of fused-ring (bicyclic) bond motifs is 1. The van der Waals surface area contributed by atoms with Crippen LogP contribution in [0.15, 0.2) is 18.3 Å². The largest absolute Gasteiger partial charge is 0.346 e. The Morgan fingerprint density at radius 2 is 2.14 bits per heavy atom. The van der Waals surface area contributed by atoms with Gasteiger partial charge in [0.1, 0.15) is 17.7 Å². The molecule has 2 aliphatic rings. The summed E-state index contributed by atoms with van der Waals surface area (Å²) in [5.74, 6) is 2.03. The summed E-state index contributed by atoms with van der Waals surface area (Å²) in [6.07, 6.45) is 8.66. The second-order valence-corrected chi connectivity index (χ2v) is 6.12. The molecule has 5 heteroatoms. The van der Waals surface area contributed by atoms with E-state index in [2.05, 4.69) is 20.9 Å². The van der Waals surface area contributed by atoms with Gasteiger partial charge in [-0.15, -0.1) is 0 Å². The van der Waals surface area contributed by atoms with Crippen molar-refractivity contribution in [3.05, 3.63) is 41.1 Å². The average molecular weight is 293 g/mol. The molecule has 1 N–H and O–H groups in total. The Morgan fingerprint density at radius 3 is 2.91 bits per heavy atom. The van der Waals surface area contributed by atoms with Crippen LogP contribution in [0.3, 0.4) is 0 Å². The molecule has 22 heavy (non-hydrogen) atoms. The third kappa shape index (κ3) is 2.25. The lowest BCUT2D eigenvalue weighted by atomic mass is 10.0. The molecule has 2 aromatic heterocycles. The highest BCUT2D eigenvalue weighted by Crippen LogP contribution is 2.35. The highest BCUT2D eigenvalue weighted by molar-refractivity contribution is 5.45. The molecule has 1 fully saturated rings. The fraction of sp³-hybridized carbons (Fsp3) is 0.471. The van der Waals surface area contributed by atoms with Crippen LogP contribution >= 0.6 is 0 Å². The summed E-state index contributed by atoms with van der Waals surface area (Å²) in [4.78, 5) is 15.2. The molecular weight excluding hydrogens is 274 g/mol. The molecule has 0 radical (unpaired) electrons. The van der Waals surface area contributed by atoms with Gasteiger partial charge in [-0.25, -0.2) is 9.97 Å². The van der Waals surface area contributed by atoms with Crippen LogP contribution in [0.4, 0.5) is 5.82 Å². The molecule has 5 nitrogen and oxygen atoms in total. The summed E-state index contributed by atoms with van der Waals surface area (Å²) < 4.78 is 0. The van der Waals surface area contributed by atoms with E-state index in [0.29, 0.717) is 5.56 Å². The van der Waals surface area contributed by atoms with Gasteiger partial charge in [-0.2, -0.15) is 5.26 Å². The number of anilines is 1. The van der Waals surface area contributed by atoms with Crippen LogP contribution in [-0.4, -0.2) is 21.5 Å². The molecule has 3 heterocycles. The molecule has 1 saturated heterocycles. The number of aryl methyl sites for hydroxylation is 2. The van der Waals surface area contributed by atoms with Crippen LogP contribution in [-0.2, 0) is 12.8 Å². The molecule has 0 unspecified atom stereocenters. The lowest BCUT2D eigenvalue weighted by molar-refractivity contribution is 0.667. The number of H-pyrrole nitrogens is 1.